The first-order valence-corrected chi connectivity index (χ1v) is 8.84. The Balaban J connectivity index is 2.26. The van der Waals surface area contributed by atoms with Crippen molar-refractivity contribution in [3.8, 4) is 0 Å². The van der Waals surface area contributed by atoms with Crippen LogP contribution < -0.4 is 5.32 Å². The van der Waals surface area contributed by atoms with Crippen LogP contribution in [0.25, 0.3) is 0 Å². The van der Waals surface area contributed by atoms with E-state index in [1.165, 1.54) is 7.05 Å². The molecule has 0 aliphatic carbocycles. The predicted octanol–water partition coefficient (Wildman–Crippen LogP) is 3.06. The molecular formula is C18H18BrClN2O4. The number of rotatable bonds is 6. The Morgan fingerprint density at radius 1 is 1.12 bits per heavy atom. The van der Waals surface area contributed by atoms with E-state index in [-0.39, 0.29) is 13.1 Å². The number of aliphatic hydroxyl groups is 1. The number of carboxylic acid groups (broad SMARTS) is 1. The zero-order chi connectivity index (χ0) is 19.3. The average Bonchev–Trinajstić information content (AvgIpc) is 2.60. The van der Waals surface area contributed by atoms with Crippen molar-refractivity contribution in [1.82, 2.24) is 10.2 Å². The lowest BCUT2D eigenvalue weighted by atomic mass is 9.86. The fourth-order valence-electron chi connectivity index (χ4n) is 2.39. The summed E-state index contributed by atoms with van der Waals surface area (Å²) in [5.41, 5.74) is -0.367. The van der Waals surface area contributed by atoms with Gasteiger partial charge in [0.25, 0.3) is 0 Å². The Kier molecular flexibility index (Phi) is 6.63. The molecule has 6 nitrogen and oxygen atoms in total. The van der Waals surface area contributed by atoms with Gasteiger partial charge in [0.2, 0.25) is 5.91 Å². The summed E-state index contributed by atoms with van der Waals surface area (Å²) in [7, 11) is 1.29. The summed E-state index contributed by atoms with van der Waals surface area (Å²) < 4.78 is 0.854. The van der Waals surface area contributed by atoms with E-state index in [0.717, 1.165) is 9.37 Å². The SMILES string of the molecule is CN(CC(=O)NCC(O)(c1ccc(Cl)cc1)c1ccc(Br)cc1)C(=O)O. The number of carbonyl (C=O) groups is 2. The maximum absolute atomic E-state index is 12.0. The largest absolute Gasteiger partial charge is 0.465 e. The Labute approximate surface area is 164 Å². The van der Waals surface area contributed by atoms with E-state index in [9.17, 15) is 14.7 Å². The molecule has 2 amide bonds. The molecule has 2 rings (SSSR count). The molecule has 0 fully saturated rings. The molecule has 138 valence electrons. The van der Waals surface area contributed by atoms with Gasteiger partial charge in [0.05, 0.1) is 6.54 Å². The number of nitrogens with zero attached hydrogens (tertiary/aromatic N) is 1. The quantitative estimate of drug-likeness (QED) is 0.643. The molecule has 26 heavy (non-hydrogen) atoms. The standard InChI is InChI=1S/C18H18BrClN2O4/c1-22(17(24)25)10-16(23)21-11-18(26,12-2-6-14(19)7-3-12)13-4-8-15(20)9-5-13/h2-9,26H,10-11H2,1H3,(H,21,23)(H,24,25). The molecule has 0 saturated heterocycles. The Bertz CT molecular complexity index is 735. The first kappa shape index (κ1) is 20.2. The van der Waals surface area contributed by atoms with Crippen LogP contribution >= 0.6 is 27.5 Å². The van der Waals surface area contributed by atoms with Crippen LogP contribution in [0.3, 0.4) is 0 Å². The lowest BCUT2D eigenvalue weighted by Gasteiger charge is -2.30. The van der Waals surface area contributed by atoms with Gasteiger partial charge >= 0.3 is 6.09 Å². The minimum absolute atomic E-state index is 0.122. The van der Waals surface area contributed by atoms with E-state index in [2.05, 4.69) is 21.2 Å². The van der Waals surface area contributed by atoms with Gasteiger partial charge in [0, 0.05) is 16.5 Å². The average molecular weight is 442 g/mol. The zero-order valence-electron chi connectivity index (χ0n) is 13.9. The highest BCUT2D eigenvalue weighted by Crippen LogP contribution is 2.31. The second kappa shape index (κ2) is 8.53. The van der Waals surface area contributed by atoms with Crippen LogP contribution in [-0.4, -0.2) is 47.3 Å². The third-order valence-corrected chi connectivity index (χ3v) is 4.67. The van der Waals surface area contributed by atoms with E-state index in [1.807, 2.05) is 0 Å². The number of likely N-dealkylation sites (N-methyl/N-ethyl adjacent to an activating group) is 1. The maximum Gasteiger partial charge on any atom is 0.407 e. The summed E-state index contributed by atoms with van der Waals surface area (Å²) in [5.74, 6) is -0.514. The molecule has 8 heteroatoms. The number of hydrogen-bond donors (Lipinski definition) is 3. The van der Waals surface area contributed by atoms with E-state index in [0.29, 0.717) is 16.1 Å². The second-order valence-electron chi connectivity index (χ2n) is 5.79. The van der Waals surface area contributed by atoms with Gasteiger partial charge < -0.3 is 20.4 Å². The van der Waals surface area contributed by atoms with Gasteiger partial charge in [-0.15, -0.1) is 0 Å². The molecule has 0 radical (unpaired) electrons. The minimum Gasteiger partial charge on any atom is -0.465 e. The van der Waals surface area contributed by atoms with Gasteiger partial charge in [-0.2, -0.15) is 0 Å². The van der Waals surface area contributed by atoms with E-state index < -0.39 is 17.6 Å². The van der Waals surface area contributed by atoms with Crippen LogP contribution in [0.2, 0.25) is 5.02 Å². The minimum atomic E-state index is -1.50. The normalized spacial score (nSPS) is 12.9. The number of carbonyl (C=O) groups excluding carboxylic acids is 1. The summed E-state index contributed by atoms with van der Waals surface area (Å²) in [6.45, 7) is -0.449. The van der Waals surface area contributed by atoms with Crippen molar-refractivity contribution < 1.29 is 19.8 Å². The molecule has 0 aromatic heterocycles. The highest BCUT2D eigenvalue weighted by Gasteiger charge is 2.32. The monoisotopic (exact) mass is 440 g/mol. The summed E-state index contributed by atoms with van der Waals surface area (Å²) in [6.07, 6.45) is -1.21. The topological polar surface area (TPSA) is 89.9 Å². The number of benzene rings is 2. The fraction of sp³-hybridized carbons (Fsp3) is 0.222. The molecule has 2 aromatic carbocycles. The molecule has 0 spiro atoms. The van der Waals surface area contributed by atoms with Gasteiger partial charge in [-0.3, -0.25) is 4.79 Å². The number of amides is 2. The van der Waals surface area contributed by atoms with Gasteiger partial charge in [0.1, 0.15) is 12.1 Å². The first-order chi connectivity index (χ1) is 12.2. The molecule has 0 aliphatic rings. The van der Waals surface area contributed by atoms with Crippen LogP contribution in [0.5, 0.6) is 0 Å². The third-order valence-electron chi connectivity index (χ3n) is 3.89. The van der Waals surface area contributed by atoms with Crippen molar-refractivity contribution in [3.05, 3.63) is 69.2 Å². The molecule has 3 N–H and O–H groups in total. The van der Waals surface area contributed by atoms with Crippen molar-refractivity contribution in [3.63, 3.8) is 0 Å². The van der Waals surface area contributed by atoms with Crippen LogP contribution in [0.4, 0.5) is 4.79 Å². The van der Waals surface area contributed by atoms with Crippen molar-refractivity contribution in [1.29, 1.82) is 0 Å². The van der Waals surface area contributed by atoms with E-state index in [1.54, 1.807) is 48.5 Å². The molecule has 2 aromatic rings. The first-order valence-electron chi connectivity index (χ1n) is 7.67. The van der Waals surface area contributed by atoms with E-state index >= 15 is 0 Å². The summed E-state index contributed by atoms with van der Waals surface area (Å²) >= 11 is 9.28. The van der Waals surface area contributed by atoms with Gasteiger partial charge in [-0.1, -0.05) is 51.8 Å². The predicted molar refractivity (Wildman–Crippen MR) is 102 cm³/mol. The zero-order valence-corrected chi connectivity index (χ0v) is 16.3. The van der Waals surface area contributed by atoms with Gasteiger partial charge in [-0.25, -0.2) is 4.79 Å². The Morgan fingerprint density at radius 2 is 1.62 bits per heavy atom. The molecular weight excluding hydrogens is 424 g/mol. The molecule has 0 bridgehead atoms. The number of nitrogens with one attached hydrogen (secondary N) is 1. The molecule has 0 aliphatic heterocycles. The molecule has 1 atom stereocenters. The molecule has 0 heterocycles. The number of halogens is 2. The maximum atomic E-state index is 12.0. The van der Waals surface area contributed by atoms with Crippen molar-refractivity contribution in [2.75, 3.05) is 20.1 Å². The highest BCUT2D eigenvalue weighted by atomic mass is 79.9. The van der Waals surface area contributed by atoms with Gasteiger partial charge in [0.15, 0.2) is 0 Å². The van der Waals surface area contributed by atoms with Gasteiger partial charge in [-0.05, 0) is 35.4 Å². The van der Waals surface area contributed by atoms with Crippen LogP contribution in [0.15, 0.2) is 53.0 Å². The van der Waals surface area contributed by atoms with E-state index in [4.69, 9.17) is 16.7 Å². The second-order valence-corrected chi connectivity index (χ2v) is 7.14. The van der Waals surface area contributed by atoms with Crippen LogP contribution in [0, 0.1) is 0 Å². The van der Waals surface area contributed by atoms with Crippen molar-refractivity contribution >= 4 is 39.5 Å². The number of hydrogen-bond acceptors (Lipinski definition) is 3. The Morgan fingerprint density at radius 3 is 2.12 bits per heavy atom. The summed E-state index contributed by atoms with van der Waals surface area (Å²) in [4.78, 5) is 23.7. The summed E-state index contributed by atoms with van der Waals surface area (Å²) in [6, 6.07) is 13.7. The van der Waals surface area contributed by atoms with Crippen LogP contribution in [-0.2, 0) is 10.4 Å². The smallest absolute Gasteiger partial charge is 0.407 e. The molecule has 1 unspecified atom stereocenters. The lowest BCUT2D eigenvalue weighted by molar-refractivity contribution is -0.122. The Hall–Kier alpha value is -2.09. The molecule has 0 saturated carbocycles. The fourth-order valence-corrected chi connectivity index (χ4v) is 2.78. The lowest BCUT2D eigenvalue weighted by Crippen LogP contribution is -2.45. The highest BCUT2D eigenvalue weighted by molar-refractivity contribution is 9.10. The van der Waals surface area contributed by atoms with Crippen molar-refractivity contribution in [2.24, 2.45) is 0 Å². The van der Waals surface area contributed by atoms with Crippen molar-refractivity contribution in [2.45, 2.75) is 5.60 Å². The van der Waals surface area contributed by atoms with Crippen LogP contribution in [0.1, 0.15) is 11.1 Å². The third kappa shape index (κ3) is 4.97. The summed E-state index contributed by atoms with van der Waals surface area (Å²) in [5, 5.41) is 23.3.